The smallest absolute Gasteiger partial charge is 0.549 e. The minimum absolute atomic E-state index is 0. The molecule has 6 nitrogen and oxygen atoms in total. The van der Waals surface area contributed by atoms with Crippen LogP contribution in [-0.2, 0) is 9.59 Å². The van der Waals surface area contributed by atoms with Gasteiger partial charge in [0.1, 0.15) is 0 Å². The molecule has 0 bridgehead atoms. The summed E-state index contributed by atoms with van der Waals surface area (Å²) in [5, 5.41) is 22.3. The molecule has 29 heavy (non-hydrogen) atoms. The van der Waals surface area contributed by atoms with E-state index < -0.39 is 5.97 Å². The third-order valence-corrected chi connectivity index (χ3v) is 5.03. The SMILES string of the molecule is CCCCCCCCCCCCCCCC(=O)NCCN(CCO)CC(=O)[O-].[Na+]. The molecule has 0 aliphatic heterocycles. The van der Waals surface area contributed by atoms with E-state index >= 15 is 0 Å². The molecule has 0 aromatic rings. The van der Waals surface area contributed by atoms with Gasteiger partial charge in [-0.05, 0) is 6.42 Å². The van der Waals surface area contributed by atoms with Crippen molar-refractivity contribution in [2.24, 2.45) is 0 Å². The zero-order valence-electron chi connectivity index (χ0n) is 19.1. The maximum atomic E-state index is 11.8. The molecule has 0 radical (unpaired) electrons. The number of amides is 1. The molecule has 0 heterocycles. The summed E-state index contributed by atoms with van der Waals surface area (Å²) >= 11 is 0. The van der Waals surface area contributed by atoms with E-state index in [1.165, 1.54) is 70.6 Å². The Morgan fingerprint density at radius 1 is 0.828 bits per heavy atom. The largest absolute Gasteiger partial charge is 1.00 e. The maximum absolute atomic E-state index is 11.8. The van der Waals surface area contributed by atoms with Crippen LogP contribution in [0.1, 0.15) is 96.8 Å². The van der Waals surface area contributed by atoms with Crippen molar-refractivity contribution in [3.63, 3.8) is 0 Å². The first-order valence-electron chi connectivity index (χ1n) is 11.4. The van der Waals surface area contributed by atoms with E-state index in [9.17, 15) is 14.7 Å². The van der Waals surface area contributed by atoms with Crippen molar-refractivity contribution in [3.05, 3.63) is 0 Å². The number of aliphatic hydroxyl groups is 1. The van der Waals surface area contributed by atoms with Gasteiger partial charge in [0.2, 0.25) is 5.91 Å². The second-order valence-corrected chi connectivity index (χ2v) is 7.71. The zero-order chi connectivity index (χ0) is 20.9. The van der Waals surface area contributed by atoms with Crippen molar-refractivity contribution in [2.75, 3.05) is 32.8 Å². The predicted molar refractivity (Wildman–Crippen MR) is 112 cm³/mol. The Morgan fingerprint density at radius 2 is 1.31 bits per heavy atom. The molecule has 0 saturated heterocycles. The number of carboxylic acid groups (broad SMARTS) is 1. The van der Waals surface area contributed by atoms with Crippen LogP contribution in [0.5, 0.6) is 0 Å². The van der Waals surface area contributed by atoms with Crippen molar-refractivity contribution < 1.29 is 49.4 Å². The van der Waals surface area contributed by atoms with Crippen molar-refractivity contribution in [2.45, 2.75) is 96.8 Å². The monoisotopic (exact) mass is 422 g/mol. The van der Waals surface area contributed by atoms with Gasteiger partial charge in [-0.1, -0.05) is 84.0 Å². The average Bonchev–Trinajstić information content (AvgIpc) is 2.65. The molecule has 0 spiro atoms. The van der Waals surface area contributed by atoms with Crippen molar-refractivity contribution >= 4 is 11.9 Å². The van der Waals surface area contributed by atoms with Crippen molar-refractivity contribution in [1.29, 1.82) is 0 Å². The topological polar surface area (TPSA) is 92.7 Å². The van der Waals surface area contributed by atoms with Crippen LogP contribution in [0.2, 0.25) is 0 Å². The van der Waals surface area contributed by atoms with Gasteiger partial charge in [0.25, 0.3) is 0 Å². The van der Waals surface area contributed by atoms with Gasteiger partial charge >= 0.3 is 29.6 Å². The summed E-state index contributed by atoms with van der Waals surface area (Å²) in [5.41, 5.74) is 0. The van der Waals surface area contributed by atoms with Crippen LogP contribution in [0.4, 0.5) is 0 Å². The quantitative estimate of drug-likeness (QED) is 0.195. The molecule has 0 rings (SSSR count). The van der Waals surface area contributed by atoms with Gasteiger partial charge in [0, 0.05) is 32.6 Å². The van der Waals surface area contributed by atoms with Crippen LogP contribution in [-0.4, -0.2) is 54.7 Å². The number of carbonyl (C=O) groups is 2. The molecule has 0 aliphatic carbocycles. The molecule has 2 N–H and O–H groups in total. The van der Waals surface area contributed by atoms with Gasteiger partial charge in [-0.25, -0.2) is 0 Å². The van der Waals surface area contributed by atoms with E-state index in [1.807, 2.05) is 0 Å². The molecule has 7 heteroatoms. The molecule has 0 aromatic heterocycles. The molecule has 0 unspecified atom stereocenters. The fourth-order valence-corrected chi connectivity index (χ4v) is 3.34. The minimum atomic E-state index is -1.17. The van der Waals surface area contributed by atoms with E-state index in [-0.39, 0.29) is 55.2 Å². The van der Waals surface area contributed by atoms with Gasteiger partial charge in [-0.15, -0.1) is 0 Å². The van der Waals surface area contributed by atoms with Crippen LogP contribution in [0.15, 0.2) is 0 Å². The molecular weight excluding hydrogens is 379 g/mol. The van der Waals surface area contributed by atoms with Crippen LogP contribution in [0.25, 0.3) is 0 Å². The number of aliphatic hydroxyl groups excluding tert-OH is 1. The summed E-state index contributed by atoms with van der Waals surface area (Å²) in [5.74, 6) is -1.16. The first-order valence-corrected chi connectivity index (χ1v) is 11.4. The van der Waals surface area contributed by atoms with E-state index in [0.29, 0.717) is 19.5 Å². The number of carbonyl (C=O) groups excluding carboxylic acids is 2. The number of unbranched alkanes of at least 4 members (excludes halogenated alkanes) is 12. The summed E-state index contributed by atoms with van der Waals surface area (Å²) in [4.78, 5) is 24.0. The molecule has 1 amide bonds. The Kier molecular flexibility index (Phi) is 25.8. The van der Waals surface area contributed by atoms with Gasteiger partial charge in [0.15, 0.2) is 0 Å². The standard InChI is InChI=1S/C22H44N2O4.Na/c1-2-3-4-5-6-7-8-9-10-11-12-13-14-15-21(26)23-16-17-24(18-19-25)20-22(27)28;/h25H,2-20H2,1H3,(H,23,26)(H,27,28);/q;+1/p-1. The Labute approximate surface area is 200 Å². The first-order chi connectivity index (χ1) is 13.6. The van der Waals surface area contributed by atoms with Gasteiger partial charge < -0.3 is 20.3 Å². The maximum Gasteiger partial charge on any atom is 1.00 e. The Bertz CT molecular complexity index is 384. The van der Waals surface area contributed by atoms with Gasteiger partial charge in [-0.2, -0.15) is 0 Å². The van der Waals surface area contributed by atoms with E-state index in [1.54, 1.807) is 4.90 Å². The van der Waals surface area contributed by atoms with Crippen LogP contribution in [0, 0.1) is 0 Å². The fraction of sp³-hybridized carbons (Fsp3) is 0.909. The van der Waals surface area contributed by atoms with E-state index in [2.05, 4.69) is 12.2 Å². The zero-order valence-corrected chi connectivity index (χ0v) is 21.1. The van der Waals surface area contributed by atoms with Crippen LogP contribution in [0.3, 0.4) is 0 Å². The normalized spacial score (nSPS) is 10.7. The van der Waals surface area contributed by atoms with Gasteiger partial charge in [0.05, 0.1) is 12.6 Å². The molecule has 0 atom stereocenters. The Morgan fingerprint density at radius 3 is 1.76 bits per heavy atom. The number of hydrogen-bond acceptors (Lipinski definition) is 5. The number of carboxylic acids is 1. The van der Waals surface area contributed by atoms with Crippen LogP contribution >= 0.6 is 0 Å². The molecule has 0 saturated carbocycles. The second-order valence-electron chi connectivity index (χ2n) is 7.71. The average molecular weight is 423 g/mol. The summed E-state index contributed by atoms with van der Waals surface area (Å²) < 4.78 is 0. The number of nitrogens with one attached hydrogen (secondary N) is 1. The molecule has 0 fully saturated rings. The van der Waals surface area contributed by atoms with Crippen molar-refractivity contribution in [3.8, 4) is 0 Å². The van der Waals surface area contributed by atoms with Crippen LogP contribution < -0.4 is 40.0 Å². The summed E-state index contributed by atoms with van der Waals surface area (Å²) in [7, 11) is 0. The van der Waals surface area contributed by atoms with Crippen molar-refractivity contribution in [1.82, 2.24) is 10.2 Å². The Hall–Kier alpha value is -0.140. The number of hydrogen-bond donors (Lipinski definition) is 2. The molecule has 166 valence electrons. The summed E-state index contributed by atoms with van der Waals surface area (Å²) in [6.07, 6.45) is 17.2. The fourth-order valence-electron chi connectivity index (χ4n) is 3.34. The predicted octanol–water partition coefficient (Wildman–Crippen LogP) is -0.368. The third-order valence-electron chi connectivity index (χ3n) is 5.03. The van der Waals surface area contributed by atoms with E-state index in [0.717, 1.165) is 12.8 Å². The summed E-state index contributed by atoms with van der Waals surface area (Å²) in [6.45, 7) is 2.98. The number of nitrogens with zero attached hydrogens (tertiary/aromatic N) is 1. The molecule has 0 aromatic carbocycles. The third kappa shape index (κ3) is 24.0. The minimum Gasteiger partial charge on any atom is -0.549 e. The van der Waals surface area contributed by atoms with E-state index in [4.69, 9.17) is 5.11 Å². The molecule has 0 aliphatic rings. The summed E-state index contributed by atoms with van der Waals surface area (Å²) in [6, 6.07) is 0. The Balaban J connectivity index is 0. The first kappa shape index (κ1) is 31.0. The molecular formula is C22H43N2NaO4. The number of aliphatic carboxylic acids is 1. The second kappa shape index (κ2) is 24.1. The van der Waals surface area contributed by atoms with Gasteiger partial charge in [-0.3, -0.25) is 9.69 Å². The number of rotatable bonds is 21.